The van der Waals surface area contributed by atoms with Gasteiger partial charge in [-0.3, -0.25) is 9.59 Å². The fraction of sp³-hybridized carbons (Fsp3) is 0.824. The largest absolute Gasteiger partial charge is 0.358 e. The quantitative estimate of drug-likeness (QED) is 0.744. The van der Waals surface area contributed by atoms with Gasteiger partial charge in [-0.05, 0) is 25.7 Å². The Balaban J connectivity index is 1.48. The fourth-order valence-corrected chi connectivity index (χ4v) is 3.83. The molecule has 0 atom stereocenters. The minimum Gasteiger partial charge on any atom is -0.358 e. The molecular weight excluding hydrogens is 308 g/mol. The third-order valence-electron chi connectivity index (χ3n) is 5.61. The molecule has 3 aliphatic rings. The van der Waals surface area contributed by atoms with E-state index < -0.39 is 5.41 Å². The maximum atomic E-state index is 12.6. The summed E-state index contributed by atoms with van der Waals surface area (Å²) in [5.41, 5.74) is -0.832. The van der Waals surface area contributed by atoms with Gasteiger partial charge in [-0.2, -0.15) is 0 Å². The number of piperazine rings is 1. The molecule has 2 aliphatic carbocycles. The van der Waals surface area contributed by atoms with E-state index in [0.29, 0.717) is 45.1 Å². The molecule has 24 heavy (non-hydrogen) atoms. The lowest BCUT2D eigenvalue weighted by molar-refractivity contribution is -0.145. The average Bonchev–Trinajstić information content (AvgIpc) is 3.43. The summed E-state index contributed by atoms with van der Waals surface area (Å²) in [7, 11) is 1.57. The van der Waals surface area contributed by atoms with Crippen molar-refractivity contribution in [1.82, 2.24) is 20.4 Å². The Labute approximate surface area is 143 Å². The summed E-state index contributed by atoms with van der Waals surface area (Å²) in [5.74, 6) is -0.251. The van der Waals surface area contributed by atoms with Crippen molar-refractivity contribution in [3.63, 3.8) is 0 Å². The van der Waals surface area contributed by atoms with Gasteiger partial charge in [-0.25, -0.2) is 4.79 Å². The zero-order valence-corrected chi connectivity index (χ0v) is 14.5. The minimum absolute atomic E-state index is 0.0126. The molecule has 1 aliphatic heterocycles. The number of nitrogens with one attached hydrogen (secondary N) is 2. The first-order valence-corrected chi connectivity index (χ1v) is 9.14. The second-order valence-corrected chi connectivity index (χ2v) is 7.22. The lowest BCUT2D eigenvalue weighted by Gasteiger charge is -2.37. The molecule has 0 radical (unpaired) electrons. The van der Waals surface area contributed by atoms with Crippen LogP contribution in [-0.4, -0.2) is 66.9 Å². The third-order valence-corrected chi connectivity index (χ3v) is 5.61. The van der Waals surface area contributed by atoms with E-state index in [1.807, 2.05) is 0 Å². The fourth-order valence-electron chi connectivity index (χ4n) is 3.83. The van der Waals surface area contributed by atoms with Crippen LogP contribution in [0, 0.1) is 5.41 Å². The van der Waals surface area contributed by atoms with Crippen molar-refractivity contribution >= 4 is 17.8 Å². The van der Waals surface area contributed by atoms with Crippen molar-refractivity contribution in [2.24, 2.45) is 5.41 Å². The highest BCUT2D eigenvalue weighted by atomic mass is 16.2. The van der Waals surface area contributed by atoms with Crippen molar-refractivity contribution in [2.45, 2.75) is 51.0 Å². The van der Waals surface area contributed by atoms with E-state index in [4.69, 9.17) is 0 Å². The van der Waals surface area contributed by atoms with E-state index in [2.05, 4.69) is 10.6 Å². The Bertz CT molecular complexity index is 504. The van der Waals surface area contributed by atoms with Crippen molar-refractivity contribution < 1.29 is 14.4 Å². The van der Waals surface area contributed by atoms with Gasteiger partial charge in [0, 0.05) is 39.3 Å². The molecule has 134 valence electrons. The van der Waals surface area contributed by atoms with Crippen LogP contribution in [-0.2, 0) is 9.59 Å². The normalized spacial score (nSPS) is 23.5. The van der Waals surface area contributed by atoms with Crippen LogP contribution in [0.3, 0.4) is 0 Å². The van der Waals surface area contributed by atoms with Gasteiger partial charge in [0.15, 0.2) is 0 Å². The van der Waals surface area contributed by atoms with Gasteiger partial charge in [0.2, 0.25) is 11.8 Å². The number of nitrogens with zero attached hydrogens (tertiary/aromatic N) is 2. The predicted octanol–water partition coefficient (Wildman–Crippen LogP) is 0.699. The molecule has 1 saturated heterocycles. The Hall–Kier alpha value is -1.79. The first kappa shape index (κ1) is 17.0. The van der Waals surface area contributed by atoms with Crippen LogP contribution in [0.25, 0.3) is 0 Å². The molecule has 2 saturated carbocycles. The van der Waals surface area contributed by atoms with E-state index in [1.165, 1.54) is 19.3 Å². The van der Waals surface area contributed by atoms with Crippen LogP contribution < -0.4 is 10.6 Å². The highest BCUT2D eigenvalue weighted by Crippen LogP contribution is 2.47. The van der Waals surface area contributed by atoms with Gasteiger partial charge in [0.1, 0.15) is 5.41 Å². The van der Waals surface area contributed by atoms with E-state index in [-0.39, 0.29) is 17.8 Å². The number of carbonyl (C=O) groups is 3. The SMILES string of the molecule is CNC(=O)C1(C(=O)N2CCN(C(=O)NC3CCCCC3)CC2)CC1. The molecule has 0 bridgehead atoms. The Morgan fingerprint density at radius 3 is 2.04 bits per heavy atom. The zero-order valence-electron chi connectivity index (χ0n) is 14.5. The van der Waals surface area contributed by atoms with Gasteiger partial charge < -0.3 is 20.4 Å². The lowest BCUT2D eigenvalue weighted by atomic mass is 9.96. The molecule has 0 aromatic carbocycles. The van der Waals surface area contributed by atoms with Crippen molar-refractivity contribution in [3.8, 4) is 0 Å². The van der Waals surface area contributed by atoms with Crippen LogP contribution in [0.2, 0.25) is 0 Å². The van der Waals surface area contributed by atoms with E-state index in [1.54, 1.807) is 16.8 Å². The van der Waals surface area contributed by atoms with E-state index in [9.17, 15) is 14.4 Å². The topological polar surface area (TPSA) is 81.8 Å². The molecule has 0 aromatic rings. The summed E-state index contributed by atoms with van der Waals surface area (Å²) >= 11 is 0. The minimum atomic E-state index is -0.832. The van der Waals surface area contributed by atoms with Gasteiger partial charge in [0.05, 0.1) is 0 Å². The number of rotatable bonds is 3. The highest BCUT2D eigenvalue weighted by Gasteiger charge is 2.57. The summed E-state index contributed by atoms with van der Waals surface area (Å²) < 4.78 is 0. The number of urea groups is 1. The summed E-state index contributed by atoms with van der Waals surface area (Å²) in [6, 6.07) is 0.287. The van der Waals surface area contributed by atoms with E-state index >= 15 is 0 Å². The van der Waals surface area contributed by atoms with Gasteiger partial charge in [-0.1, -0.05) is 19.3 Å². The van der Waals surface area contributed by atoms with Gasteiger partial charge in [-0.15, -0.1) is 0 Å². The number of hydrogen-bond donors (Lipinski definition) is 2. The molecule has 1 heterocycles. The molecule has 0 unspecified atom stereocenters. The summed E-state index contributed by atoms with van der Waals surface area (Å²) in [6.07, 6.45) is 7.04. The molecule has 3 rings (SSSR count). The highest BCUT2D eigenvalue weighted by molar-refractivity contribution is 6.07. The molecule has 3 fully saturated rings. The lowest BCUT2D eigenvalue weighted by Crippen LogP contribution is -2.56. The summed E-state index contributed by atoms with van der Waals surface area (Å²) in [4.78, 5) is 40.4. The van der Waals surface area contributed by atoms with Crippen molar-refractivity contribution in [3.05, 3.63) is 0 Å². The van der Waals surface area contributed by atoms with Crippen LogP contribution in [0.4, 0.5) is 4.79 Å². The molecule has 7 heteroatoms. The van der Waals surface area contributed by atoms with Crippen LogP contribution in [0.5, 0.6) is 0 Å². The first-order valence-electron chi connectivity index (χ1n) is 9.14. The summed E-state index contributed by atoms with van der Waals surface area (Å²) in [6.45, 7) is 2.09. The average molecular weight is 336 g/mol. The number of amides is 4. The third kappa shape index (κ3) is 3.35. The molecule has 0 spiro atoms. The Kier molecular flexibility index (Phi) is 4.96. The Morgan fingerprint density at radius 2 is 1.50 bits per heavy atom. The smallest absolute Gasteiger partial charge is 0.317 e. The monoisotopic (exact) mass is 336 g/mol. The number of carbonyl (C=O) groups excluding carboxylic acids is 3. The van der Waals surface area contributed by atoms with Crippen molar-refractivity contribution in [1.29, 1.82) is 0 Å². The van der Waals surface area contributed by atoms with Crippen molar-refractivity contribution in [2.75, 3.05) is 33.2 Å². The molecule has 0 aromatic heterocycles. The van der Waals surface area contributed by atoms with Gasteiger partial charge >= 0.3 is 6.03 Å². The molecular formula is C17H28N4O3. The summed E-state index contributed by atoms with van der Waals surface area (Å²) in [5, 5.41) is 5.72. The maximum Gasteiger partial charge on any atom is 0.317 e. The first-order chi connectivity index (χ1) is 11.6. The second-order valence-electron chi connectivity index (χ2n) is 7.22. The predicted molar refractivity (Wildman–Crippen MR) is 89.3 cm³/mol. The van der Waals surface area contributed by atoms with Crippen LogP contribution in [0.1, 0.15) is 44.9 Å². The second kappa shape index (κ2) is 6.99. The maximum absolute atomic E-state index is 12.6. The standard InChI is InChI=1S/C17H28N4O3/c1-18-14(22)17(7-8-17)15(23)20-9-11-21(12-10-20)16(24)19-13-5-3-2-4-6-13/h13H,2-12H2,1H3,(H,18,22)(H,19,24). The molecule has 2 N–H and O–H groups in total. The van der Waals surface area contributed by atoms with Gasteiger partial charge in [0.25, 0.3) is 0 Å². The number of hydrogen-bond acceptors (Lipinski definition) is 3. The van der Waals surface area contributed by atoms with Crippen LogP contribution >= 0.6 is 0 Å². The van der Waals surface area contributed by atoms with Crippen LogP contribution in [0.15, 0.2) is 0 Å². The zero-order chi connectivity index (χ0) is 17.2. The molecule has 7 nitrogen and oxygen atoms in total. The Morgan fingerprint density at radius 1 is 0.917 bits per heavy atom. The molecule has 4 amide bonds. The van der Waals surface area contributed by atoms with E-state index in [0.717, 1.165) is 12.8 Å².